The fourth-order valence-corrected chi connectivity index (χ4v) is 9.28. The summed E-state index contributed by atoms with van der Waals surface area (Å²) in [5.41, 5.74) is 3.70. The molecule has 2 saturated heterocycles. The Morgan fingerprint density at radius 2 is 1.76 bits per heavy atom. The van der Waals surface area contributed by atoms with Crippen LogP contribution in [0.2, 0.25) is 0 Å². The van der Waals surface area contributed by atoms with Crippen molar-refractivity contribution in [2.24, 2.45) is 11.8 Å². The van der Waals surface area contributed by atoms with Crippen LogP contribution < -0.4 is 20.1 Å². The number of amides is 2. The van der Waals surface area contributed by atoms with E-state index in [1.165, 1.54) is 20.2 Å². The highest BCUT2D eigenvalue weighted by Gasteiger charge is 2.49. The van der Waals surface area contributed by atoms with E-state index in [0.717, 1.165) is 59.9 Å². The van der Waals surface area contributed by atoms with Gasteiger partial charge in [0.15, 0.2) is 0 Å². The molecule has 0 radical (unpaired) electrons. The second-order valence-corrected chi connectivity index (χ2v) is 16.3. The van der Waals surface area contributed by atoms with Gasteiger partial charge in [-0.25, -0.2) is 13.9 Å². The molecule has 1 aromatic heterocycles. The molecule has 4 heterocycles. The van der Waals surface area contributed by atoms with E-state index >= 15 is 4.39 Å². The van der Waals surface area contributed by atoms with Gasteiger partial charge in [-0.2, -0.15) is 12.7 Å². The average Bonchev–Trinajstić information content (AvgIpc) is 3.69. The van der Waals surface area contributed by atoms with E-state index in [1.807, 2.05) is 13.8 Å². The SMILES string of the molecule is COC[C@H]1CN(c2cc(C)c3c4c(c(=O)oc3c2C)CN(C(=O)c2cc(N(C)C)c(C(=O)NS(=O)(=O)N3CC5CC5C3)cc2F)CC4)CCN1C. The summed E-state index contributed by atoms with van der Waals surface area (Å²) in [7, 11) is 2.92. The molecule has 2 unspecified atom stereocenters. The minimum Gasteiger partial charge on any atom is -0.422 e. The summed E-state index contributed by atoms with van der Waals surface area (Å²) in [4.78, 5) is 48.1. The number of anilines is 2. The van der Waals surface area contributed by atoms with E-state index in [4.69, 9.17) is 9.15 Å². The van der Waals surface area contributed by atoms with Crippen molar-refractivity contribution in [1.29, 1.82) is 0 Å². The van der Waals surface area contributed by atoms with Crippen LogP contribution in [-0.2, 0) is 27.9 Å². The summed E-state index contributed by atoms with van der Waals surface area (Å²) < 4.78 is 56.3. The molecule has 3 aromatic rings. The van der Waals surface area contributed by atoms with Crippen molar-refractivity contribution in [3.8, 4) is 0 Å². The molecule has 3 aliphatic heterocycles. The summed E-state index contributed by atoms with van der Waals surface area (Å²) in [5, 5.41) is 0.859. The number of benzene rings is 2. The summed E-state index contributed by atoms with van der Waals surface area (Å²) >= 11 is 0. The predicted molar refractivity (Wildman–Crippen MR) is 191 cm³/mol. The molecule has 13 nitrogen and oxygen atoms in total. The lowest BCUT2D eigenvalue weighted by molar-refractivity contribution is 0.0727. The van der Waals surface area contributed by atoms with Gasteiger partial charge in [0.2, 0.25) is 0 Å². The smallest absolute Gasteiger partial charge is 0.341 e. The second kappa shape index (κ2) is 13.2. The third kappa shape index (κ3) is 6.38. The largest absolute Gasteiger partial charge is 0.422 e. The number of rotatable bonds is 8. The lowest BCUT2D eigenvalue weighted by atomic mass is 9.92. The van der Waals surface area contributed by atoms with Gasteiger partial charge in [-0.05, 0) is 74.9 Å². The number of methoxy groups -OCH3 is 1. The lowest BCUT2D eigenvalue weighted by Crippen LogP contribution is -2.53. The van der Waals surface area contributed by atoms with Crippen molar-refractivity contribution in [3.05, 3.63) is 67.8 Å². The summed E-state index contributed by atoms with van der Waals surface area (Å²) in [6.07, 6.45) is 1.36. The van der Waals surface area contributed by atoms with E-state index < -0.39 is 33.5 Å². The van der Waals surface area contributed by atoms with E-state index in [-0.39, 0.29) is 35.9 Å². The molecule has 1 saturated carbocycles. The minimum absolute atomic E-state index is 0.0706. The van der Waals surface area contributed by atoms with Gasteiger partial charge in [0.05, 0.1) is 41.6 Å². The molecule has 0 bridgehead atoms. The number of ether oxygens (including phenoxy) is 1. The maximum atomic E-state index is 15.7. The molecule has 2 aromatic carbocycles. The highest BCUT2D eigenvalue weighted by atomic mass is 32.2. The molecular weight excluding hydrogens is 679 g/mol. The number of aryl methyl sites for hydroxylation is 2. The molecule has 15 heteroatoms. The number of hydrogen-bond acceptors (Lipinski definition) is 10. The van der Waals surface area contributed by atoms with Gasteiger partial charge >= 0.3 is 15.8 Å². The molecular formula is C36H45FN6O7S. The van der Waals surface area contributed by atoms with Crippen molar-refractivity contribution < 1.29 is 31.6 Å². The zero-order valence-electron chi connectivity index (χ0n) is 29.9. The van der Waals surface area contributed by atoms with Gasteiger partial charge in [-0.3, -0.25) is 14.5 Å². The quantitative estimate of drug-likeness (QED) is 0.346. The van der Waals surface area contributed by atoms with Crippen molar-refractivity contribution in [1.82, 2.24) is 18.8 Å². The van der Waals surface area contributed by atoms with E-state index in [9.17, 15) is 22.8 Å². The van der Waals surface area contributed by atoms with E-state index in [2.05, 4.69) is 27.6 Å². The monoisotopic (exact) mass is 724 g/mol. The molecule has 0 spiro atoms. The third-order valence-corrected chi connectivity index (χ3v) is 12.5. The molecule has 3 fully saturated rings. The zero-order chi connectivity index (χ0) is 36.5. The Kier molecular flexibility index (Phi) is 9.13. The van der Waals surface area contributed by atoms with Crippen LogP contribution in [0.1, 0.15) is 49.4 Å². The summed E-state index contributed by atoms with van der Waals surface area (Å²) in [6.45, 7) is 7.93. The number of likely N-dealkylation sites (N-methyl/N-ethyl adjacent to an activating group) is 1. The first kappa shape index (κ1) is 35.4. The molecule has 51 heavy (non-hydrogen) atoms. The number of fused-ring (bicyclic) bond motifs is 4. The zero-order valence-corrected chi connectivity index (χ0v) is 30.7. The number of piperazine rings is 1. The van der Waals surface area contributed by atoms with Crippen LogP contribution in [-0.4, -0.2) is 115 Å². The van der Waals surface area contributed by atoms with Gasteiger partial charge < -0.3 is 23.9 Å². The van der Waals surface area contributed by atoms with Crippen LogP contribution in [0.25, 0.3) is 11.0 Å². The normalized spacial score (nSPS) is 22.2. The maximum Gasteiger partial charge on any atom is 0.341 e. The number of carbonyl (C=O) groups is 2. The number of carbonyl (C=O) groups excluding carboxylic acids is 2. The highest BCUT2D eigenvalue weighted by Crippen LogP contribution is 2.45. The van der Waals surface area contributed by atoms with Crippen molar-refractivity contribution in [3.63, 3.8) is 0 Å². The second-order valence-electron chi connectivity index (χ2n) is 14.7. The lowest BCUT2D eigenvalue weighted by Gasteiger charge is -2.41. The highest BCUT2D eigenvalue weighted by molar-refractivity contribution is 7.87. The number of halogens is 1. The van der Waals surface area contributed by atoms with Crippen LogP contribution in [0.3, 0.4) is 0 Å². The number of piperidine rings is 1. The van der Waals surface area contributed by atoms with Crippen molar-refractivity contribution in [2.45, 2.75) is 39.3 Å². The van der Waals surface area contributed by atoms with E-state index in [1.54, 1.807) is 21.2 Å². The van der Waals surface area contributed by atoms with Crippen LogP contribution in [0.5, 0.6) is 0 Å². The molecule has 7 rings (SSSR count). The summed E-state index contributed by atoms with van der Waals surface area (Å²) in [5.74, 6) is -1.95. The van der Waals surface area contributed by atoms with E-state index in [0.29, 0.717) is 49.1 Å². The molecule has 3 atom stereocenters. The summed E-state index contributed by atoms with van der Waals surface area (Å²) in [6, 6.07) is 4.52. The Bertz CT molecular complexity index is 2090. The van der Waals surface area contributed by atoms with Crippen molar-refractivity contribution >= 4 is 44.4 Å². The Labute approximate surface area is 297 Å². The molecule has 4 aliphatic rings. The predicted octanol–water partition coefficient (Wildman–Crippen LogP) is 2.51. The Hall–Kier alpha value is -4.05. The van der Waals surface area contributed by atoms with Crippen LogP contribution >= 0.6 is 0 Å². The fraction of sp³-hybridized carbons (Fsp3) is 0.528. The topological polar surface area (TPSA) is 136 Å². The minimum atomic E-state index is -4.11. The van der Waals surface area contributed by atoms with Crippen molar-refractivity contribution in [2.75, 3.05) is 83.9 Å². The Morgan fingerprint density at radius 1 is 1.04 bits per heavy atom. The number of hydrogen-bond donors (Lipinski definition) is 1. The van der Waals surface area contributed by atoms with Gasteiger partial charge in [0.25, 0.3) is 11.8 Å². The van der Waals surface area contributed by atoms with Gasteiger partial charge in [-0.15, -0.1) is 0 Å². The van der Waals surface area contributed by atoms with Gasteiger partial charge in [0, 0.05) is 77.1 Å². The van der Waals surface area contributed by atoms with Crippen LogP contribution in [0.15, 0.2) is 27.4 Å². The van der Waals surface area contributed by atoms with Gasteiger partial charge in [0.1, 0.15) is 11.4 Å². The standard InChI is InChI=1S/C36H45FN6O7S/c1-20-11-30(41-10-9-40(5)24(17-41)19-49-6)21(2)33-32(20)25-7-8-42(18-28(25)36(46)50-33)35(45)26-14-31(39(3)4)27(13-29(26)37)34(44)38-51(47,48)43-15-22-12-23(22)16-43/h11,13-14,22-24H,7-10,12,15-19H2,1-6H3,(H,38,44)/t22?,23?,24-/m1/s1. The first-order chi connectivity index (χ1) is 24.2. The first-order valence-electron chi connectivity index (χ1n) is 17.3. The first-order valence-corrected chi connectivity index (χ1v) is 18.8. The third-order valence-electron chi connectivity index (χ3n) is 11.1. The van der Waals surface area contributed by atoms with Crippen LogP contribution in [0.4, 0.5) is 15.8 Å². The number of nitrogens with one attached hydrogen (secondary N) is 1. The molecule has 1 N–H and O–H groups in total. The Morgan fingerprint density at radius 3 is 2.45 bits per heavy atom. The van der Waals surface area contributed by atoms with Crippen LogP contribution in [0, 0.1) is 31.5 Å². The molecule has 1 aliphatic carbocycles. The Balaban J connectivity index is 1.14. The van der Waals surface area contributed by atoms with Gasteiger partial charge in [-0.1, -0.05) is 0 Å². The average molecular weight is 725 g/mol. The maximum absolute atomic E-state index is 15.7. The fourth-order valence-electron chi connectivity index (χ4n) is 8.03. The molecule has 274 valence electrons. The number of nitrogens with zero attached hydrogens (tertiary/aromatic N) is 5. The molecule has 2 amide bonds.